The zero-order valence-corrected chi connectivity index (χ0v) is 8.62. The average Bonchev–Trinajstić information content (AvgIpc) is 2.43. The van der Waals surface area contributed by atoms with Crippen LogP contribution in [0.4, 0.5) is 0 Å². The minimum absolute atomic E-state index is 0.136. The first-order valence-electron chi connectivity index (χ1n) is 4.44. The SMILES string of the molecule is Cn1nc2cc(Cl)ccc2c1CCO. The fourth-order valence-corrected chi connectivity index (χ4v) is 1.80. The van der Waals surface area contributed by atoms with E-state index in [-0.39, 0.29) is 6.61 Å². The molecule has 14 heavy (non-hydrogen) atoms. The molecule has 0 bridgehead atoms. The maximum Gasteiger partial charge on any atom is 0.0940 e. The highest BCUT2D eigenvalue weighted by Gasteiger charge is 2.07. The normalized spacial score (nSPS) is 11.1. The number of aromatic nitrogens is 2. The quantitative estimate of drug-likeness (QED) is 0.821. The zero-order valence-electron chi connectivity index (χ0n) is 7.87. The minimum atomic E-state index is 0.136. The van der Waals surface area contributed by atoms with E-state index in [2.05, 4.69) is 5.10 Å². The van der Waals surface area contributed by atoms with Crippen LogP contribution in [0.3, 0.4) is 0 Å². The van der Waals surface area contributed by atoms with Crippen molar-refractivity contribution in [1.82, 2.24) is 9.78 Å². The van der Waals surface area contributed by atoms with Crippen LogP contribution in [0.5, 0.6) is 0 Å². The number of aliphatic hydroxyl groups excluding tert-OH is 1. The Labute approximate surface area is 86.9 Å². The molecular formula is C10H11ClN2O. The van der Waals surface area contributed by atoms with E-state index in [9.17, 15) is 0 Å². The van der Waals surface area contributed by atoms with Gasteiger partial charge in [-0.05, 0) is 18.2 Å². The topological polar surface area (TPSA) is 38.0 Å². The first-order chi connectivity index (χ1) is 6.72. The summed E-state index contributed by atoms with van der Waals surface area (Å²) in [4.78, 5) is 0. The second-order valence-corrected chi connectivity index (χ2v) is 3.64. The van der Waals surface area contributed by atoms with Crippen molar-refractivity contribution in [3.8, 4) is 0 Å². The van der Waals surface area contributed by atoms with E-state index in [1.54, 1.807) is 4.68 Å². The van der Waals surface area contributed by atoms with Crippen molar-refractivity contribution in [3.63, 3.8) is 0 Å². The summed E-state index contributed by atoms with van der Waals surface area (Å²) in [5.41, 5.74) is 1.92. The number of fused-ring (bicyclic) bond motifs is 1. The summed E-state index contributed by atoms with van der Waals surface area (Å²) in [6.07, 6.45) is 0.620. The van der Waals surface area contributed by atoms with Crippen molar-refractivity contribution in [2.75, 3.05) is 6.61 Å². The summed E-state index contributed by atoms with van der Waals surface area (Å²) < 4.78 is 1.79. The third kappa shape index (κ3) is 1.49. The van der Waals surface area contributed by atoms with Gasteiger partial charge < -0.3 is 5.11 Å². The van der Waals surface area contributed by atoms with Crippen LogP contribution >= 0.6 is 11.6 Å². The van der Waals surface area contributed by atoms with Crippen LogP contribution in [0, 0.1) is 0 Å². The maximum absolute atomic E-state index is 8.91. The molecule has 74 valence electrons. The minimum Gasteiger partial charge on any atom is -0.396 e. The molecule has 0 atom stereocenters. The lowest BCUT2D eigenvalue weighted by atomic mass is 10.2. The molecule has 0 amide bonds. The summed E-state index contributed by atoms with van der Waals surface area (Å²) in [7, 11) is 1.87. The van der Waals surface area contributed by atoms with E-state index in [1.165, 1.54) is 0 Å². The molecule has 0 aliphatic heterocycles. The van der Waals surface area contributed by atoms with Crippen molar-refractivity contribution in [2.24, 2.45) is 7.05 Å². The molecule has 1 heterocycles. The van der Waals surface area contributed by atoms with E-state index in [0.717, 1.165) is 16.6 Å². The Hall–Kier alpha value is -1.06. The van der Waals surface area contributed by atoms with Crippen LogP contribution < -0.4 is 0 Å². The molecule has 0 spiro atoms. The number of aryl methyl sites for hydroxylation is 1. The maximum atomic E-state index is 8.91. The molecule has 0 unspecified atom stereocenters. The molecule has 0 saturated carbocycles. The van der Waals surface area contributed by atoms with Gasteiger partial charge in [0.05, 0.1) is 5.52 Å². The van der Waals surface area contributed by atoms with Gasteiger partial charge in [0.1, 0.15) is 0 Å². The second-order valence-electron chi connectivity index (χ2n) is 3.21. The lowest BCUT2D eigenvalue weighted by Gasteiger charge is -1.98. The molecule has 1 aromatic carbocycles. The van der Waals surface area contributed by atoms with Gasteiger partial charge in [-0.2, -0.15) is 5.10 Å². The van der Waals surface area contributed by atoms with Gasteiger partial charge in [-0.25, -0.2) is 0 Å². The Morgan fingerprint density at radius 3 is 3.00 bits per heavy atom. The lowest BCUT2D eigenvalue weighted by Crippen LogP contribution is -2.00. The van der Waals surface area contributed by atoms with Crippen LogP contribution in [0.2, 0.25) is 5.02 Å². The highest BCUT2D eigenvalue weighted by molar-refractivity contribution is 6.31. The Morgan fingerprint density at radius 1 is 1.50 bits per heavy atom. The number of nitrogens with zero attached hydrogens (tertiary/aromatic N) is 2. The number of rotatable bonds is 2. The summed E-state index contributed by atoms with van der Waals surface area (Å²) in [6.45, 7) is 0.136. The van der Waals surface area contributed by atoms with E-state index in [0.29, 0.717) is 11.4 Å². The number of hydrogen-bond acceptors (Lipinski definition) is 2. The number of halogens is 1. The molecule has 0 fully saturated rings. The van der Waals surface area contributed by atoms with Crippen molar-refractivity contribution in [1.29, 1.82) is 0 Å². The van der Waals surface area contributed by atoms with Gasteiger partial charge in [0.15, 0.2) is 0 Å². The molecule has 2 aromatic rings. The molecule has 0 aliphatic rings. The average molecular weight is 211 g/mol. The smallest absolute Gasteiger partial charge is 0.0940 e. The van der Waals surface area contributed by atoms with Crippen LogP contribution in [-0.2, 0) is 13.5 Å². The Morgan fingerprint density at radius 2 is 2.29 bits per heavy atom. The predicted molar refractivity (Wildman–Crippen MR) is 56.5 cm³/mol. The number of hydrogen-bond donors (Lipinski definition) is 1. The van der Waals surface area contributed by atoms with Crippen molar-refractivity contribution in [3.05, 3.63) is 28.9 Å². The third-order valence-electron chi connectivity index (χ3n) is 2.27. The van der Waals surface area contributed by atoms with Crippen molar-refractivity contribution >= 4 is 22.5 Å². The van der Waals surface area contributed by atoms with E-state index >= 15 is 0 Å². The molecule has 2 rings (SSSR count). The van der Waals surface area contributed by atoms with E-state index < -0.39 is 0 Å². The van der Waals surface area contributed by atoms with Crippen molar-refractivity contribution in [2.45, 2.75) is 6.42 Å². The number of benzene rings is 1. The van der Waals surface area contributed by atoms with E-state index in [1.807, 2.05) is 25.2 Å². The molecule has 0 radical (unpaired) electrons. The molecule has 1 aromatic heterocycles. The monoisotopic (exact) mass is 210 g/mol. The molecule has 0 aliphatic carbocycles. The van der Waals surface area contributed by atoms with Crippen LogP contribution in [0.1, 0.15) is 5.69 Å². The van der Waals surface area contributed by atoms with Gasteiger partial charge in [0.25, 0.3) is 0 Å². The Kier molecular flexibility index (Phi) is 2.44. The highest BCUT2D eigenvalue weighted by atomic mass is 35.5. The van der Waals surface area contributed by atoms with Gasteiger partial charge in [-0.1, -0.05) is 11.6 Å². The van der Waals surface area contributed by atoms with Gasteiger partial charge >= 0.3 is 0 Å². The third-order valence-corrected chi connectivity index (χ3v) is 2.50. The van der Waals surface area contributed by atoms with Gasteiger partial charge in [-0.3, -0.25) is 4.68 Å². The lowest BCUT2D eigenvalue weighted by molar-refractivity contribution is 0.296. The number of aliphatic hydroxyl groups is 1. The predicted octanol–water partition coefficient (Wildman–Crippen LogP) is 1.76. The molecular weight excluding hydrogens is 200 g/mol. The van der Waals surface area contributed by atoms with Gasteiger partial charge in [0.2, 0.25) is 0 Å². The van der Waals surface area contributed by atoms with E-state index in [4.69, 9.17) is 16.7 Å². The largest absolute Gasteiger partial charge is 0.396 e. The Bertz CT molecular complexity index is 464. The fraction of sp³-hybridized carbons (Fsp3) is 0.300. The first-order valence-corrected chi connectivity index (χ1v) is 4.82. The van der Waals surface area contributed by atoms with Gasteiger partial charge in [-0.15, -0.1) is 0 Å². The first kappa shape index (κ1) is 9.49. The molecule has 1 N–H and O–H groups in total. The molecule has 4 heteroatoms. The Balaban J connectivity index is 2.64. The standard InChI is InChI=1S/C10H11ClN2O/c1-13-10(4-5-14)8-3-2-7(11)6-9(8)12-13/h2-3,6,14H,4-5H2,1H3. The van der Waals surface area contributed by atoms with Crippen LogP contribution in [-0.4, -0.2) is 21.5 Å². The summed E-state index contributed by atoms with van der Waals surface area (Å²) in [6, 6.07) is 5.61. The second kappa shape index (κ2) is 3.59. The fourth-order valence-electron chi connectivity index (χ4n) is 1.63. The summed E-state index contributed by atoms with van der Waals surface area (Å²) >= 11 is 5.86. The molecule has 3 nitrogen and oxygen atoms in total. The van der Waals surface area contributed by atoms with Crippen LogP contribution in [0.15, 0.2) is 18.2 Å². The summed E-state index contributed by atoms with van der Waals surface area (Å²) in [5, 5.41) is 15.0. The summed E-state index contributed by atoms with van der Waals surface area (Å²) in [5.74, 6) is 0. The zero-order chi connectivity index (χ0) is 10.1. The molecule has 0 saturated heterocycles. The van der Waals surface area contributed by atoms with Crippen molar-refractivity contribution < 1.29 is 5.11 Å². The van der Waals surface area contributed by atoms with Crippen LogP contribution in [0.25, 0.3) is 10.9 Å². The van der Waals surface area contributed by atoms with Gasteiger partial charge in [0, 0.05) is 36.2 Å². The highest BCUT2D eigenvalue weighted by Crippen LogP contribution is 2.21.